The van der Waals surface area contributed by atoms with Gasteiger partial charge in [0.2, 0.25) is 0 Å². The van der Waals surface area contributed by atoms with Crippen LogP contribution in [0.15, 0.2) is 22.2 Å². The highest BCUT2D eigenvalue weighted by molar-refractivity contribution is 5.69. The van der Waals surface area contributed by atoms with Crippen LogP contribution < -0.4 is 21.2 Å². The van der Waals surface area contributed by atoms with E-state index in [2.05, 4.69) is 6.58 Å². The highest BCUT2D eigenvalue weighted by Crippen LogP contribution is 2.28. The maximum absolute atomic E-state index is 12.6. The fraction of sp³-hybridized carbons (Fsp3) is 0.667. The summed E-state index contributed by atoms with van der Waals surface area (Å²) in [5.41, 5.74) is -0.309. The molecule has 0 spiro atoms. The van der Waals surface area contributed by atoms with Crippen molar-refractivity contribution in [3.05, 3.63) is 33.5 Å². The molecule has 0 radical (unpaired) electrons. The molecule has 0 atom stereocenters. The lowest BCUT2D eigenvalue weighted by Gasteiger charge is -2.14. The van der Waals surface area contributed by atoms with Crippen LogP contribution in [-0.4, -0.2) is 28.1 Å². The summed E-state index contributed by atoms with van der Waals surface area (Å²) in [6.45, 7) is 4.34. The Balaban J connectivity index is 1.90. The molecule has 0 aliphatic carbocycles. The van der Waals surface area contributed by atoms with Crippen molar-refractivity contribution in [2.24, 2.45) is 7.05 Å². The van der Waals surface area contributed by atoms with Crippen LogP contribution >= 0.6 is 0 Å². The third-order valence-corrected chi connectivity index (χ3v) is 4.76. The minimum Gasteiger partial charge on any atom is -0.347 e. The van der Waals surface area contributed by atoms with Gasteiger partial charge in [0.05, 0.1) is 0 Å². The van der Waals surface area contributed by atoms with Gasteiger partial charge < -0.3 is 4.90 Å². The van der Waals surface area contributed by atoms with Crippen molar-refractivity contribution >= 4 is 11.5 Å². The number of hydrogen-bond acceptors (Lipinski definition) is 5. The molecule has 140 valence electrons. The molecule has 1 N–H and O–H groups in total. The first-order valence-corrected chi connectivity index (χ1v) is 9.11. The van der Waals surface area contributed by atoms with Crippen molar-refractivity contribution in [1.29, 1.82) is 0 Å². The lowest BCUT2D eigenvalue weighted by Crippen LogP contribution is -2.40. The summed E-state index contributed by atoms with van der Waals surface area (Å²) in [6.07, 6.45) is 10.9. The first-order valence-electron chi connectivity index (χ1n) is 9.11. The molecule has 7 heteroatoms. The fourth-order valence-corrected chi connectivity index (χ4v) is 3.35. The number of fused-ring (bicyclic) bond motifs is 1. The van der Waals surface area contributed by atoms with E-state index in [1.165, 1.54) is 34.8 Å². The van der Waals surface area contributed by atoms with E-state index in [9.17, 15) is 14.8 Å². The van der Waals surface area contributed by atoms with Crippen LogP contribution in [0.3, 0.4) is 0 Å². The second-order valence-corrected chi connectivity index (χ2v) is 6.76. The van der Waals surface area contributed by atoms with Crippen LogP contribution in [0, 0.1) is 0 Å². The molecule has 1 aliphatic heterocycles. The maximum Gasteiger partial charge on any atom is 0.332 e. The van der Waals surface area contributed by atoms with Gasteiger partial charge >= 0.3 is 5.69 Å². The summed E-state index contributed by atoms with van der Waals surface area (Å²) in [5.74, 6) is 0.272. The molecule has 0 saturated heterocycles. The molecular weight excluding hydrogens is 320 g/mol. The third kappa shape index (κ3) is 4.34. The highest BCUT2D eigenvalue weighted by Gasteiger charge is 2.30. The molecule has 25 heavy (non-hydrogen) atoms. The van der Waals surface area contributed by atoms with Crippen LogP contribution in [0.5, 0.6) is 0 Å². The average molecular weight is 350 g/mol. The highest BCUT2D eigenvalue weighted by atomic mass is 16.5. The monoisotopic (exact) mass is 350 g/mol. The van der Waals surface area contributed by atoms with Crippen molar-refractivity contribution in [3.8, 4) is 0 Å². The normalized spacial score (nSPS) is 13.4. The van der Waals surface area contributed by atoms with Crippen molar-refractivity contribution in [1.82, 2.24) is 9.13 Å². The van der Waals surface area contributed by atoms with Gasteiger partial charge in [-0.1, -0.05) is 38.2 Å². The molecule has 2 heterocycles. The molecule has 1 aliphatic rings. The number of nitrogens with zero attached hydrogens (tertiary/aromatic N) is 4. The predicted molar refractivity (Wildman–Crippen MR) is 101 cm³/mol. The molecule has 0 saturated carbocycles. The van der Waals surface area contributed by atoms with Crippen molar-refractivity contribution in [2.75, 3.05) is 23.7 Å². The van der Waals surface area contributed by atoms with Crippen LogP contribution in [-0.2, 0) is 13.6 Å². The lowest BCUT2D eigenvalue weighted by molar-refractivity contribution is 0.257. The Morgan fingerprint density at radius 2 is 1.64 bits per heavy atom. The van der Waals surface area contributed by atoms with Gasteiger partial charge in [0.15, 0.2) is 5.82 Å². The minimum atomic E-state index is -0.373. The summed E-state index contributed by atoms with van der Waals surface area (Å²) < 4.78 is 2.64. The molecule has 2 rings (SSSR count). The van der Waals surface area contributed by atoms with E-state index >= 15 is 0 Å². The molecule has 7 nitrogen and oxygen atoms in total. The topological polar surface area (TPSA) is 70.7 Å². The zero-order chi connectivity index (χ0) is 18.4. The largest absolute Gasteiger partial charge is 0.347 e. The number of unbranched alkanes of at least 4 members (excludes halogenated alkanes) is 7. The van der Waals surface area contributed by atoms with Gasteiger partial charge in [-0.2, -0.15) is 0 Å². The zero-order valence-corrected chi connectivity index (χ0v) is 15.4. The van der Waals surface area contributed by atoms with Crippen molar-refractivity contribution < 1.29 is 5.21 Å². The van der Waals surface area contributed by atoms with E-state index in [0.29, 0.717) is 12.2 Å². The first-order chi connectivity index (χ1) is 12.0. The Morgan fingerprint density at radius 3 is 2.28 bits per heavy atom. The van der Waals surface area contributed by atoms with E-state index in [0.717, 1.165) is 30.7 Å². The van der Waals surface area contributed by atoms with Crippen LogP contribution in [0.4, 0.5) is 11.5 Å². The Labute approximate surface area is 148 Å². The number of hydroxylamine groups is 1. The molecule has 1 aromatic rings. The first kappa shape index (κ1) is 19.3. The standard InChI is InChI=1S/C18H30N4O3/c1-4-5-6-7-8-9-10-11-12-13-21-17(23)15-16(20(3)18(21)24)22(25)14-19(15)2/h4,25H,1,5-14H2,2-3H3. The van der Waals surface area contributed by atoms with Crippen molar-refractivity contribution in [2.45, 2.75) is 57.9 Å². The zero-order valence-electron chi connectivity index (χ0n) is 15.4. The number of rotatable bonds is 10. The number of allylic oxidation sites excluding steroid dienone is 1. The van der Waals surface area contributed by atoms with Gasteiger partial charge in [-0.3, -0.25) is 19.1 Å². The van der Waals surface area contributed by atoms with E-state index in [1.807, 2.05) is 6.08 Å². The lowest BCUT2D eigenvalue weighted by atomic mass is 10.1. The summed E-state index contributed by atoms with van der Waals surface area (Å²) in [7, 11) is 3.32. The predicted octanol–water partition coefficient (Wildman–Crippen LogP) is 2.46. The summed E-state index contributed by atoms with van der Waals surface area (Å²) >= 11 is 0. The smallest absolute Gasteiger partial charge is 0.332 e. The SMILES string of the molecule is C=CCCCCCCCCCn1c(=O)c2c(n(C)c1=O)N(O)CN2C. The van der Waals surface area contributed by atoms with Gasteiger partial charge in [0.1, 0.15) is 12.4 Å². The average Bonchev–Trinajstić information content (AvgIpc) is 2.88. The number of hydrogen-bond donors (Lipinski definition) is 1. The molecule has 0 fully saturated rings. The Morgan fingerprint density at radius 1 is 1.04 bits per heavy atom. The Bertz CT molecular complexity index is 707. The van der Waals surface area contributed by atoms with E-state index in [4.69, 9.17) is 0 Å². The van der Waals surface area contributed by atoms with Gasteiger partial charge in [-0.25, -0.2) is 9.86 Å². The second kappa shape index (κ2) is 8.89. The second-order valence-electron chi connectivity index (χ2n) is 6.76. The van der Waals surface area contributed by atoms with E-state index in [1.54, 1.807) is 19.0 Å². The summed E-state index contributed by atoms with van der Waals surface area (Å²) in [5, 5.41) is 10.8. The fourth-order valence-electron chi connectivity index (χ4n) is 3.35. The molecular formula is C18H30N4O3. The Hall–Kier alpha value is -2.02. The van der Waals surface area contributed by atoms with Crippen LogP contribution in [0.2, 0.25) is 0 Å². The summed E-state index contributed by atoms with van der Waals surface area (Å²) in [4.78, 5) is 26.7. The quantitative estimate of drug-likeness (QED) is 0.518. The third-order valence-electron chi connectivity index (χ3n) is 4.76. The van der Waals surface area contributed by atoms with Gasteiger partial charge in [0.25, 0.3) is 5.56 Å². The number of aromatic nitrogens is 2. The molecule has 0 amide bonds. The number of anilines is 2. The van der Waals surface area contributed by atoms with E-state index < -0.39 is 0 Å². The van der Waals surface area contributed by atoms with Crippen LogP contribution in [0.25, 0.3) is 0 Å². The van der Waals surface area contributed by atoms with Crippen molar-refractivity contribution in [3.63, 3.8) is 0 Å². The molecule has 0 unspecified atom stereocenters. The van der Waals surface area contributed by atoms with Gasteiger partial charge in [-0.05, 0) is 19.3 Å². The maximum atomic E-state index is 12.6. The van der Waals surface area contributed by atoms with Gasteiger partial charge in [-0.15, -0.1) is 6.58 Å². The molecule has 0 bridgehead atoms. The Kier molecular flexibility index (Phi) is 6.87. The summed E-state index contributed by atoms with van der Waals surface area (Å²) in [6, 6.07) is 0. The molecule has 0 aromatic carbocycles. The molecule has 1 aromatic heterocycles. The van der Waals surface area contributed by atoms with Crippen LogP contribution in [0.1, 0.15) is 51.4 Å². The van der Waals surface area contributed by atoms with E-state index in [-0.39, 0.29) is 23.7 Å². The van der Waals surface area contributed by atoms with Gasteiger partial charge in [0, 0.05) is 20.6 Å². The minimum absolute atomic E-state index is 0.188.